The van der Waals surface area contributed by atoms with E-state index in [4.69, 9.17) is 11.8 Å². The van der Waals surface area contributed by atoms with Gasteiger partial charge in [-0.3, -0.25) is 0 Å². The van der Waals surface area contributed by atoms with Crippen LogP contribution in [0, 0.1) is 24.7 Å². The van der Waals surface area contributed by atoms with Gasteiger partial charge in [-0.05, 0) is 0 Å². The SMILES string of the molecule is [C-]#N.[CH2-]C1CCCC1.[Cu+].[Li+]. The van der Waals surface area contributed by atoms with Crippen LogP contribution in [-0.4, -0.2) is 0 Å². The molecule has 0 heterocycles. The van der Waals surface area contributed by atoms with Gasteiger partial charge in [0.05, 0.1) is 0 Å². The summed E-state index contributed by atoms with van der Waals surface area (Å²) in [6.45, 7) is 8.69. The molecule has 1 saturated carbocycles. The molecule has 0 N–H and O–H groups in total. The average Bonchev–Trinajstić information content (AvgIpc) is 2.24. The maximum atomic E-state index is 6.25. The van der Waals surface area contributed by atoms with Gasteiger partial charge in [-0.15, -0.1) is 0 Å². The molecule has 10 heavy (non-hydrogen) atoms. The van der Waals surface area contributed by atoms with Crippen molar-refractivity contribution in [1.82, 2.24) is 0 Å². The molecular formula is C7H11CuLiN. The van der Waals surface area contributed by atoms with Crippen LogP contribution in [0.4, 0.5) is 0 Å². The van der Waals surface area contributed by atoms with Gasteiger partial charge >= 0.3 is 35.9 Å². The van der Waals surface area contributed by atoms with Gasteiger partial charge in [-0.25, -0.2) is 0 Å². The second-order valence-corrected chi connectivity index (χ2v) is 2.15. The molecule has 0 aliphatic heterocycles. The summed E-state index contributed by atoms with van der Waals surface area (Å²) < 4.78 is 0. The van der Waals surface area contributed by atoms with Gasteiger partial charge in [-0.1, -0.05) is 25.7 Å². The second kappa shape index (κ2) is 12.3. The number of nitrogens with zero attached hydrogens (tertiary/aromatic N) is 1. The van der Waals surface area contributed by atoms with Gasteiger partial charge in [-0.2, -0.15) is 5.92 Å². The van der Waals surface area contributed by atoms with Crippen LogP contribution in [0.2, 0.25) is 0 Å². The van der Waals surface area contributed by atoms with E-state index >= 15 is 0 Å². The summed E-state index contributed by atoms with van der Waals surface area (Å²) in [7, 11) is 0. The molecule has 0 amide bonds. The van der Waals surface area contributed by atoms with Gasteiger partial charge < -0.3 is 18.8 Å². The van der Waals surface area contributed by atoms with E-state index in [0.29, 0.717) is 0 Å². The third-order valence-corrected chi connectivity index (χ3v) is 1.47. The molecule has 0 aromatic heterocycles. The van der Waals surface area contributed by atoms with Crippen molar-refractivity contribution in [2.24, 2.45) is 5.92 Å². The van der Waals surface area contributed by atoms with Crippen molar-refractivity contribution in [3.05, 3.63) is 13.5 Å². The smallest absolute Gasteiger partial charge is 0.512 e. The van der Waals surface area contributed by atoms with Gasteiger partial charge in [0, 0.05) is 0 Å². The topological polar surface area (TPSA) is 23.8 Å². The Labute approximate surface area is 86.2 Å². The molecule has 56 valence electrons. The maximum absolute atomic E-state index is 6.25. The summed E-state index contributed by atoms with van der Waals surface area (Å²) in [5, 5.41) is 6.25. The van der Waals surface area contributed by atoms with E-state index in [0.717, 1.165) is 5.92 Å². The summed E-state index contributed by atoms with van der Waals surface area (Å²) >= 11 is 0. The summed E-state index contributed by atoms with van der Waals surface area (Å²) in [5.41, 5.74) is 0. The van der Waals surface area contributed by atoms with Crippen LogP contribution in [0.5, 0.6) is 0 Å². The first-order valence-electron chi connectivity index (χ1n) is 2.95. The molecule has 0 atom stereocenters. The van der Waals surface area contributed by atoms with E-state index in [1.165, 1.54) is 25.7 Å². The van der Waals surface area contributed by atoms with E-state index in [1.807, 2.05) is 0 Å². The Balaban J connectivity index is -0.000000114. The molecular weight excluding hydrogens is 169 g/mol. The molecule has 1 aliphatic carbocycles. The van der Waals surface area contributed by atoms with Crippen molar-refractivity contribution >= 4 is 0 Å². The quantitative estimate of drug-likeness (QED) is 0.350. The Hall–Kier alpha value is 0.607. The van der Waals surface area contributed by atoms with Crippen LogP contribution >= 0.6 is 0 Å². The average molecular weight is 180 g/mol. The minimum absolute atomic E-state index is 0. The first-order chi connectivity index (χ1) is 3.89. The van der Waals surface area contributed by atoms with E-state index in [2.05, 4.69) is 6.92 Å². The Morgan fingerprint density at radius 1 is 1.20 bits per heavy atom. The maximum Gasteiger partial charge on any atom is 1.00 e. The zero-order valence-electron chi connectivity index (χ0n) is 6.36. The van der Waals surface area contributed by atoms with Gasteiger partial charge in [0.2, 0.25) is 0 Å². The monoisotopic (exact) mass is 179 g/mol. The Morgan fingerprint density at radius 2 is 1.50 bits per heavy atom. The van der Waals surface area contributed by atoms with Crippen molar-refractivity contribution < 1.29 is 35.9 Å². The van der Waals surface area contributed by atoms with Gasteiger partial charge in [0.25, 0.3) is 0 Å². The van der Waals surface area contributed by atoms with E-state index in [9.17, 15) is 0 Å². The van der Waals surface area contributed by atoms with E-state index in [1.54, 1.807) is 0 Å². The van der Waals surface area contributed by atoms with E-state index in [-0.39, 0.29) is 35.9 Å². The fourth-order valence-corrected chi connectivity index (χ4v) is 1.01. The molecule has 0 aromatic carbocycles. The molecule has 0 radical (unpaired) electrons. The zero-order chi connectivity index (χ0) is 6.41. The van der Waals surface area contributed by atoms with Crippen LogP contribution < -0.4 is 18.9 Å². The van der Waals surface area contributed by atoms with Gasteiger partial charge in [0.15, 0.2) is 0 Å². The Kier molecular flexibility index (Phi) is 20.8. The van der Waals surface area contributed by atoms with Crippen molar-refractivity contribution in [3.8, 4) is 0 Å². The molecule has 0 bridgehead atoms. The van der Waals surface area contributed by atoms with Crippen LogP contribution in [0.25, 0.3) is 0 Å². The number of rotatable bonds is 0. The minimum Gasteiger partial charge on any atom is -0.512 e. The first-order valence-corrected chi connectivity index (χ1v) is 2.95. The van der Waals surface area contributed by atoms with Crippen LogP contribution in [0.1, 0.15) is 25.7 Å². The van der Waals surface area contributed by atoms with Crippen LogP contribution in [0.3, 0.4) is 0 Å². The van der Waals surface area contributed by atoms with Crippen LogP contribution in [0.15, 0.2) is 0 Å². The molecule has 0 saturated heterocycles. The van der Waals surface area contributed by atoms with Crippen molar-refractivity contribution in [3.63, 3.8) is 0 Å². The number of hydrogen-bond donors (Lipinski definition) is 0. The third-order valence-electron chi connectivity index (χ3n) is 1.47. The van der Waals surface area contributed by atoms with Crippen molar-refractivity contribution in [2.75, 3.05) is 0 Å². The molecule has 1 rings (SSSR count). The molecule has 0 aromatic rings. The molecule has 0 spiro atoms. The fourth-order valence-electron chi connectivity index (χ4n) is 1.01. The fraction of sp³-hybridized carbons (Fsp3) is 0.714. The molecule has 1 fully saturated rings. The van der Waals surface area contributed by atoms with Crippen LogP contribution in [-0.2, 0) is 17.1 Å². The second-order valence-electron chi connectivity index (χ2n) is 2.15. The third kappa shape index (κ3) is 8.61. The standard InChI is InChI=1S/C6H11.CN.Cu.Li/c1-6-4-2-3-5-6;1-2;;/h6H,1-5H2;;;/q2*-1;2*+1. The molecule has 1 aliphatic rings. The zero-order valence-corrected chi connectivity index (χ0v) is 7.30. The Bertz CT molecular complexity index is 69.3. The van der Waals surface area contributed by atoms with E-state index < -0.39 is 0 Å². The first kappa shape index (κ1) is 16.9. The van der Waals surface area contributed by atoms with Gasteiger partial charge in [0.1, 0.15) is 0 Å². The summed E-state index contributed by atoms with van der Waals surface area (Å²) in [6.07, 6.45) is 5.60. The predicted molar refractivity (Wildman–Crippen MR) is 32.3 cm³/mol. The van der Waals surface area contributed by atoms with Crippen molar-refractivity contribution in [2.45, 2.75) is 25.7 Å². The van der Waals surface area contributed by atoms with Crippen molar-refractivity contribution in [1.29, 1.82) is 5.26 Å². The summed E-state index contributed by atoms with van der Waals surface area (Å²) in [6, 6.07) is 0. The molecule has 1 nitrogen and oxygen atoms in total. The summed E-state index contributed by atoms with van der Waals surface area (Å²) in [4.78, 5) is 0. The molecule has 0 unspecified atom stereocenters. The Morgan fingerprint density at radius 3 is 1.60 bits per heavy atom. The normalized spacial score (nSPS) is 15.5. The number of hydrogen-bond acceptors (Lipinski definition) is 1. The predicted octanol–water partition coefficient (Wildman–Crippen LogP) is -0.891. The minimum atomic E-state index is 0. The largest absolute Gasteiger partial charge is 1.00 e. The summed E-state index contributed by atoms with van der Waals surface area (Å²) in [5.74, 6) is 0.796. The molecule has 3 heteroatoms.